The summed E-state index contributed by atoms with van der Waals surface area (Å²) in [5.41, 5.74) is 3.29. The van der Waals surface area contributed by atoms with Crippen LogP contribution in [0.5, 0.6) is 5.75 Å². The second-order valence-corrected chi connectivity index (χ2v) is 7.02. The van der Waals surface area contributed by atoms with Crippen molar-refractivity contribution in [2.24, 2.45) is 11.0 Å². The van der Waals surface area contributed by atoms with Gasteiger partial charge in [-0.3, -0.25) is 14.6 Å². The molecule has 152 valence electrons. The van der Waals surface area contributed by atoms with Gasteiger partial charge in [0, 0.05) is 30.8 Å². The Morgan fingerprint density at radius 3 is 2.55 bits per heavy atom. The maximum Gasteiger partial charge on any atom is 0.308 e. The van der Waals surface area contributed by atoms with E-state index in [1.54, 1.807) is 25.3 Å². The lowest BCUT2D eigenvalue weighted by Crippen LogP contribution is -2.34. The molecule has 1 unspecified atom stereocenters. The SMILES string of the molecule is COc1ccccc1CC(CNC(=O)c1ccc(N2CCC(C)=N2)cc1)C(=O)O. The molecule has 0 fully saturated rings. The summed E-state index contributed by atoms with van der Waals surface area (Å²) in [5.74, 6) is -1.38. The molecule has 29 heavy (non-hydrogen) atoms. The maximum atomic E-state index is 12.5. The van der Waals surface area contributed by atoms with E-state index in [4.69, 9.17) is 4.74 Å². The first kappa shape index (κ1) is 20.4. The van der Waals surface area contributed by atoms with Crippen molar-refractivity contribution in [3.05, 3.63) is 59.7 Å². The van der Waals surface area contributed by atoms with E-state index in [1.165, 1.54) is 0 Å². The molecule has 0 aliphatic carbocycles. The number of carbonyl (C=O) groups is 2. The topological polar surface area (TPSA) is 91.2 Å². The van der Waals surface area contributed by atoms with Crippen molar-refractivity contribution in [2.45, 2.75) is 19.8 Å². The molecule has 0 saturated carbocycles. The Morgan fingerprint density at radius 2 is 1.93 bits per heavy atom. The van der Waals surface area contributed by atoms with Crippen molar-refractivity contribution in [3.63, 3.8) is 0 Å². The summed E-state index contributed by atoms with van der Waals surface area (Å²) < 4.78 is 5.29. The third kappa shape index (κ3) is 5.13. The van der Waals surface area contributed by atoms with Crippen LogP contribution in [0, 0.1) is 5.92 Å². The molecular formula is C22H25N3O4. The predicted octanol–water partition coefficient (Wildman–Crippen LogP) is 2.95. The third-order valence-corrected chi connectivity index (χ3v) is 4.92. The van der Waals surface area contributed by atoms with Crippen LogP contribution in [0.15, 0.2) is 53.6 Å². The molecule has 1 aliphatic heterocycles. The van der Waals surface area contributed by atoms with Crippen molar-refractivity contribution in [2.75, 3.05) is 25.2 Å². The first-order valence-electron chi connectivity index (χ1n) is 9.52. The fraction of sp³-hybridized carbons (Fsp3) is 0.318. The van der Waals surface area contributed by atoms with E-state index in [9.17, 15) is 14.7 Å². The third-order valence-electron chi connectivity index (χ3n) is 4.92. The van der Waals surface area contributed by atoms with E-state index < -0.39 is 11.9 Å². The minimum Gasteiger partial charge on any atom is -0.496 e. The number of hydrogen-bond donors (Lipinski definition) is 2. The zero-order valence-electron chi connectivity index (χ0n) is 16.6. The zero-order chi connectivity index (χ0) is 20.8. The predicted molar refractivity (Wildman–Crippen MR) is 112 cm³/mol. The lowest BCUT2D eigenvalue weighted by atomic mass is 9.98. The number of aliphatic carboxylic acids is 1. The Labute approximate surface area is 170 Å². The first-order valence-corrected chi connectivity index (χ1v) is 9.52. The number of methoxy groups -OCH3 is 1. The number of ether oxygens (including phenoxy) is 1. The van der Waals surface area contributed by atoms with Gasteiger partial charge in [-0.2, -0.15) is 5.10 Å². The van der Waals surface area contributed by atoms with Gasteiger partial charge in [0.1, 0.15) is 5.75 Å². The number of rotatable bonds is 8. The molecule has 0 spiro atoms. The smallest absolute Gasteiger partial charge is 0.308 e. The zero-order valence-corrected chi connectivity index (χ0v) is 16.6. The molecule has 3 rings (SSSR count). The molecule has 7 nitrogen and oxygen atoms in total. The molecule has 0 bridgehead atoms. The van der Waals surface area contributed by atoms with Crippen LogP contribution in [-0.4, -0.2) is 42.9 Å². The van der Waals surface area contributed by atoms with E-state index in [0.717, 1.165) is 29.9 Å². The average Bonchev–Trinajstić information content (AvgIpc) is 3.17. The molecule has 7 heteroatoms. The van der Waals surface area contributed by atoms with E-state index in [1.807, 2.05) is 42.3 Å². The number of para-hydroxylation sites is 1. The van der Waals surface area contributed by atoms with Crippen molar-refractivity contribution in [1.82, 2.24) is 5.32 Å². The normalized spacial score (nSPS) is 14.3. The lowest BCUT2D eigenvalue weighted by molar-refractivity contribution is -0.141. The van der Waals surface area contributed by atoms with Gasteiger partial charge in [0.25, 0.3) is 5.91 Å². The highest BCUT2D eigenvalue weighted by atomic mass is 16.5. The van der Waals surface area contributed by atoms with Crippen LogP contribution in [-0.2, 0) is 11.2 Å². The minimum absolute atomic E-state index is 0.0313. The Bertz CT molecular complexity index is 909. The van der Waals surface area contributed by atoms with Crippen molar-refractivity contribution >= 4 is 23.3 Å². The van der Waals surface area contributed by atoms with Gasteiger partial charge in [-0.1, -0.05) is 18.2 Å². The first-order chi connectivity index (χ1) is 14.0. The van der Waals surface area contributed by atoms with Crippen LogP contribution in [0.1, 0.15) is 29.3 Å². The van der Waals surface area contributed by atoms with E-state index in [2.05, 4.69) is 10.4 Å². The maximum absolute atomic E-state index is 12.5. The summed E-state index contributed by atoms with van der Waals surface area (Å²) in [6, 6.07) is 14.4. The van der Waals surface area contributed by atoms with Crippen LogP contribution in [0.2, 0.25) is 0 Å². The molecule has 1 amide bonds. The lowest BCUT2D eigenvalue weighted by Gasteiger charge is -2.16. The molecule has 2 aromatic carbocycles. The molecule has 1 atom stereocenters. The molecule has 2 N–H and O–H groups in total. The number of anilines is 1. The summed E-state index contributed by atoms with van der Waals surface area (Å²) in [4.78, 5) is 24.1. The van der Waals surface area contributed by atoms with Crippen LogP contribution < -0.4 is 15.1 Å². The Kier molecular flexibility index (Phi) is 6.49. The molecule has 2 aromatic rings. The number of benzene rings is 2. The number of nitrogens with one attached hydrogen (secondary N) is 1. The van der Waals surface area contributed by atoms with Crippen LogP contribution in [0.3, 0.4) is 0 Å². The highest BCUT2D eigenvalue weighted by Gasteiger charge is 2.21. The number of nitrogens with zero attached hydrogens (tertiary/aromatic N) is 2. The second kappa shape index (κ2) is 9.23. The average molecular weight is 395 g/mol. The largest absolute Gasteiger partial charge is 0.496 e. The van der Waals surface area contributed by atoms with Gasteiger partial charge < -0.3 is 15.2 Å². The summed E-state index contributed by atoms with van der Waals surface area (Å²) in [5, 5.41) is 18.6. The van der Waals surface area contributed by atoms with Crippen LogP contribution in [0.25, 0.3) is 0 Å². The summed E-state index contributed by atoms with van der Waals surface area (Å²) >= 11 is 0. The van der Waals surface area contributed by atoms with E-state index in [-0.39, 0.29) is 18.9 Å². The van der Waals surface area contributed by atoms with Gasteiger partial charge >= 0.3 is 5.97 Å². The molecule has 0 aromatic heterocycles. The standard InChI is InChI=1S/C22H25N3O4/c1-15-11-12-25(24-15)19-9-7-16(8-10-19)21(26)23-14-18(22(27)28)13-17-5-3-4-6-20(17)29-2/h3-10,18H,11-14H2,1-2H3,(H,23,26)(H,27,28). The molecule has 1 aliphatic rings. The number of hydrogen-bond acceptors (Lipinski definition) is 5. The van der Waals surface area contributed by atoms with Crippen LogP contribution in [0.4, 0.5) is 5.69 Å². The summed E-state index contributed by atoms with van der Waals surface area (Å²) in [6.07, 6.45) is 1.20. The number of amides is 1. The van der Waals surface area contributed by atoms with Gasteiger partial charge in [0.15, 0.2) is 0 Å². The van der Waals surface area contributed by atoms with Crippen LogP contribution >= 0.6 is 0 Å². The molecular weight excluding hydrogens is 370 g/mol. The summed E-state index contributed by atoms with van der Waals surface area (Å²) in [7, 11) is 1.55. The van der Waals surface area contributed by atoms with Gasteiger partial charge in [-0.15, -0.1) is 0 Å². The number of carboxylic acids is 1. The van der Waals surface area contributed by atoms with E-state index >= 15 is 0 Å². The highest BCUT2D eigenvalue weighted by molar-refractivity contribution is 5.95. The van der Waals surface area contributed by atoms with Crippen molar-refractivity contribution in [1.29, 1.82) is 0 Å². The van der Waals surface area contributed by atoms with Crippen molar-refractivity contribution < 1.29 is 19.4 Å². The highest BCUT2D eigenvalue weighted by Crippen LogP contribution is 2.22. The van der Waals surface area contributed by atoms with Crippen molar-refractivity contribution in [3.8, 4) is 5.75 Å². The molecule has 0 radical (unpaired) electrons. The quantitative estimate of drug-likeness (QED) is 0.717. The number of carbonyl (C=O) groups excluding carboxylic acids is 1. The second-order valence-electron chi connectivity index (χ2n) is 7.02. The molecule has 1 heterocycles. The number of hydrazone groups is 1. The van der Waals surface area contributed by atoms with Gasteiger partial charge in [-0.25, -0.2) is 0 Å². The Morgan fingerprint density at radius 1 is 1.21 bits per heavy atom. The number of carboxylic acid groups (broad SMARTS) is 1. The Balaban J connectivity index is 1.61. The molecule has 0 saturated heterocycles. The van der Waals surface area contributed by atoms with Gasteiger partial charge in [-0.05, 0) is 49.2 Å². The monoisotopic (exact) mass is 395 g/mol. The summed E-state index contributed by atoms with van der Waals surface area (Å²) in [6.45, 7) is 2.86. The van der Waals surface area contributed by atoms with Gasteiger partial charge in [0.05, 0.1) is 18.7 Å². The Hall–Kier alpha value is -3.35. The minimum atomic E-state index is -0.964. The van der Waals surface area contributed by atoms with Gasteiger partial charge in [0.2, 0.25) is 0 Å². The van der Waals surface area contributed by atoms with E-state index in [0.29, 0.717) is 11.3 Å². The fourth-order valence-electron chi connectivity index (χ4n) is 3.25. The fourth-order valence-corrected chi connectivity index (χ4v) is 3.25.